The predicted octanol–water partition coefficient (Wildman–Crippen LogP) is 6.22. The third-order valence-electron chi connectivity index (χ3n) is 5.14. The number of phenols is 2. The normalized spacial score (nSPS) is 11.0. The molecule has 0 amide bonds. The molecular formula is C23H38O5. The van der Waals surface area contributed by atoms with Gasteiger partial charge in [0.15, 0.2) is 11.5 Å². The number of unbranched alkanes of at least 4 members (excludes halogenated alkanes) is 7. The van der Waals surface area contributed by atoms with Crippen LogP contribution in [0, 0.1) is 0 Å². The zero-order valence-electron chi connectivity index (χ0n) is 17.9. The Hall–Kier alpha value is -1.91. The first-order valence-corrected chi connectivity index (χ1v) is 10.9. The summed E-state index contributed by atoms with van der Waals surface area (Å²) in [6, 6.07) is 0. The number of phenolic OH excluding ortho intramolecular Hbond substituents is 1. The molecule has 5 nitrogen and oxygen atoms in total. The van der Waals surface area contributed by atoms with E-state index in [1.807, 2.05) is 0 Å². The van der Waals surface area contributed by atoms with E-state index in [-0.39, 0.29) is 11.3 Å². The molecule has 3 N–H and O–H groups in total. The fourth-order valence-electron chi connectivity index (χ4n) is 3.50. The standard InChI is InChI=1S/C23H38O5/c1-4-7-10-12-14-17-18(15-13-11-8-5-2)22(28-16-9-6-3)21(25)20(24)19(17)23(26)27/h24-25H,4-16H2,1-3H3,(H,26,27). The topological polar surface area (TPSA) is 87.0 Å². The summed E-state index contributed by atoms with van der Waals surface area (Å²) in [5, 5.41) is 30.6. The van der Waals surface area contributed by atoms with Crippen molar-refractivity contribution in [2.75, 3.05) is 6.61 Å². The van der Waals surface area contributed by atoms with E-state index in [1.165, 1.54) is 0 Å². The molecule has 0 heterocycles. The van der Waals surface area contributed by atoms with Crippen molar-refractivity contribution < 1.29 is 24.9 Å². The summed E-state index contributed by atoms with van der Waals surface area (Å²) in [6.07, 6.45) is 11.3. The fraction of sp³-hybridized carbons (Fsp3) is 0.696. The third kappa shape index (κ3) is 6.92. The van der Waals surface area contributed by atoms with E-state index in [9.17, 15) is 20.1 Å². The molecule has 1 aromatic carbocycles. The van der Waals surface area contributed by atoms with Gasteiger partial charge in [0.25, 0.3) is 0 Å². The number of hydrogen-bond donors (Lipinski definition) is 3. The lowest BCUT2D eigenvalue weighted by atomic mass is 9.90. The molecule has 0 bridgehead atoms. The molecular weight excluding hydrogens is 356 g/mol. The van der Waals surface area contributed by atoms with Gasteiger partial charge in [0, 0.05) is 5.56 Å². The quantitative estimate of drug-likeness (QED) is 0.243. The van der Waals surface area contributed by atoms with Crippen LogP contribution in [-0.4, -0.2) is 27.9 Å². The number of rotatable bonds is 15. The smallest absolute Gasteiger partial charge is 0.339 e. The number of aromatic hydroxyl groups is 2. The van der Waals surface area contributed by atoms with Crippen molar-refractivity contribution in [1.29, 1.82) is 0 Å². The van der Waals surface area contributed by atoms with Gasteiger partial charge in [0.2, 0.25) is 5.75 Å². The first-order chi connectivity index (χ1) is 13.5. The second kappa shape index (κ2) is 13.3. The summed E-state index contributed by atoms with van der Waals surface area (Å²) < 4.78 is 5.85. The van der Waals surface area contributed by atoms with E-state index in [1.54, 1.807) is 0 Å². The number of ether oxygens (including phenoxy) is 1. The predicted molar refractivity (Wildman–Crippen MR) is 113 cm³/mol. The summed E-state index contributed by atoms with van der Waals surface area (Å²) in [7, 11) is 0. The Morgan fingerprint density at radius 1 is 0.750 bits per heavy atom. The minimum Gasteiger partial charge on any atom is -0.504 e. The van der Waals surface area contributed by atoms with Crippen LogP contribution in [0.2, 0.25) is 0 Å². The molecule has 5 heteroatoms. The van der Waals surface area contributed by atoms with Crippen molar-refractivity contribution in [3.63, 3.8) is 0 Å². The van der Waals surface area contributed by atoms with Crippen molar-refractivity contribution in [2.24, 2.45) is 0 Å². The summed E-state index contributed by atoms with van der Waals surface area (Å²) >= 11 is 0. The van der Waals surface area contributed by atoms with Gasteiger partial charge in [-0.15, -0.1) is 0 Å². The molecule has 0 radical (unpaired) electrons. The average Bonchev–Trinajstić information content (AvgIpc) is 2.67. The van der Waals surface area contributed by atoms with Crippen LogP contribution < -0.4 is 4.74 Å². The summed E-state index contributed by atoms with van der Waals surface area (Å²) in [5.41, 5.74) is 1.22. The highest BCUT2D eigenvalue weighted by Crippen LogP contribution is 2.45. The summed E-state index contributed by atoms with van der Waals surface area (Å²) in [5.74, 6) is -1.93. The number of hydrogen-bond acceptors (Lipinski definition) is 4. The molecule has 0 saturated carbocycles. The number of benzene rings is 1. The largest absolute Gasteiger partial charge is 0.504 e. The first-order valence-electron chi connectivity index (χ1n) is 10.9. The van der Waals surface area contributed by atoms with Gasteiger partial charge in [-0.25, -0.2) is 4.79 Å². The minimum atomic E-state index is -1.20. The monoisotopic (exact) mass is 394 g/mol. The van der Waals surface area contributed by atoms with Crippen molar-refractivity contribution in [3.8, 4) is 17.2 Å². The lowest BCUT2D eigenvalue weighted by Crippen LogP contribution is -2.11. The average molecular weight is 395 g/mol. The van der Waals surface area contributed by atoms with Crippen molar-refractivity contribution in [3.05, 3.63) is 16.7 Å². The maximum atomic E-state index is 11.9. The Morgan fingerprint density at radius 3 is 1.79 bits per heavy atom. The van der Waals surface area contributed by atoms with Gasteiger partial charge in [0.05, 0.1) is 6.61 Å². The van der Waals surface area contributed by atoms with Crippen LogP contribution in [0.15, 0.2) is 0 Å². The molecule has 0 aliphatic rings. The Balaban J connectivity index is 3.33. The van der Waals surface area contributed by atoms with E-state index in [4.69, 9.17) is 4.74 Å². The van der Waals surface area contributed by atoms with Gasteiger partial charge >= 0.3 is 5.97 Å². The highest BCUT2D eigenvalue weighted by Gasteiger charge is 2.27. The van der Waals surface area contributed by atoms with Crippen molar-refractivity contribution in [2.45, 2.75) is 97.8 Å². The highest BCUT2D eigenvalue weighted by molar-refractivity contribution is 5.95. The molecule has 0 unspecified atom stereocenters. The molecule has 1 rings (SSSR count). The van der Waals surface area contributed by atoms with Gasteiger partial charge in [0.1, 0.15) is 5.56 Å². The van der Waals surface area contributed by atoms with Crippen LogP contribution in [0.1, 0.15) is 106 Å². The van der Waals surface area contributed by atoms with Crippen LogP contribution in [-0.2, 0) is 12.8 Å². The zero-order chi connectivity index (χ0) is 20.9. The Bertz CT molecular complexity index is 610. The molecule has 0 atom stereocenters. The number of carbonyl (C=O) groups is 1. The molecule has 160 valence electrons. The zero-order valence-corrected chi connectivity index (χ0v) is 17.9. The Morgan fingerprint density at radius 2 is 1.29 bits per heavy atom. The van der Waals surface area contributed by atoms with Crippen molar-refractivity contribution in [1.82, 2.24) is 0 Å². The van der Waals surface area contributed by atoms with Crippen LogP contribution in [0.3, 0.4) is 0 Å². The van der Waals surface area contributed by atoms with Gasteiger partial charge in [-0.3, -0.25) is 0 Å². The molecule has 0 aromatic heterocycles. The Kier molecular flexibility index (Phi) is 11.5. The van der Waals surface area contributed by atoms with Crippen LogP contribution in [0.25, 0.3) is 0 Å². The van der Waals surface area contributed by atoms with Gasteiger partial charge < -0.3 is 20.1 Å². The second-order valence-corrected chi connectivity index (χ2v) is 7.49. The molecule has 1 aromatic rings. The SMILES string of the molecule is CCCCCCc1c(CCCCCC)c(C(=O)O)c(O)c(O)c1OCCCC. The molecule has 0 fully saturated rings. The lowest BCUT2D eigenvalue weighted by Gasteiger charge is -2.21. The number of carboxylic acid groups (broad SMARTS) is 1. The third-order valence-corrected chi connectivity index (χ3v) is 5.14. The van der Waals surface area contributed by atoms with E-state index in [2.05, 4.69) is 20.8 Å². The molecule has 0 saturated heterocycles. The fourth-order valence-corrected chi connectivity index (χ4v) is 3.50. The Labute approximate surface area is 169 Å². The first kappa shape index (κ1) is 24.1. The van der Waals surface area contributed by atoms with Crippen molar-refractivity contribution >= 4 is 5.97 Å². The summed E-state index contributed by atoms with van der Waals surface area (Å²) in [6.45, 7) is 6.77. The molecule has 0 aliphatic carbocycles. The van der Waals surface area contributed by atoms with E-state index in [0.29, 0.717) is 25.0 Å². The van der Waals surface area contributed by atoms with E-state index >= 15 is 0 Å². The highest BCUT2D eigenvalue weighted by atomic mass is 16.5. The molecule has 0 aliphatic heterocycles. The van der Waals surface area contributed by atoms with Gasteiger partial charge in [-0.2, -0.15) is 0 Å². The van der Waals surface area contributed by atoms with Crippen LogP contribution >= 0.6 is 0 Å². The van der Waals surface area contributed by atoms with E-state index in [0.717, 1.165) is 69.8 Å². The minimum absolute atomic E-state index is 0.165. The molecule has 28 heavy (non-hydrogen) atoms. The lowest BCUT2D eigenvalue weighted by molar-refractivity contribution is 0.0691. The van der Waals surface area contributed by atoms with Crippen LogP contribution in [0.5, 0.6) is 17.2 Å². The number of aromatic carboxylic acids is 1. The maximum absolute atomic E-state index is 11.9. The second-order valence-electron chi connectivity index (χ2n) is 7.49. The number of carboxylic acids is 1. The van der Waals surface area contributed by atoms with Gasteiger partial charge in [-0.1, -0.05) is 65.7 Å². The van der Waals surface area contributed by atoms with Crippen LogP contribution in [0.4, 0.5) is 0 Å². The van der Waals surface area contributed by atoms with E-state index < -0.39 is 17.5 Å². The molecule has 0 spiro atoms. The maximum Gasteiger partial charge on any atom is 0.339 e. The van der Waals surface area contributed by atoms with Gasteiger partial charge in [-0.05, 0) is 37.7 Å². The summed E-state index contributed by atoms with van der Waals surface area (Å²) in [4.78, 5) is 11.9.